The van der Waals surface area contributed by atoms with Crippen LogP contribution in [0.1, 0.15) is 11.1 Å². The van der Waals surface area contributed by atoms with Crippen LogP contribution in [0, 0.1) is 0 Å². The maximum absolute atomic E-state index is 5.51. The van der Waals surface area contributed by atoms with Crippen LogP contribution >= 0.6 is 11.8 Å². The van der Waals surface area contributed by atoms with Crippen molar-refractivity contribution in [2.24, 2.45) is 0 Å². The molecule has 2 aromatic carbocycles. The molecule has 2 aromatic rings. The molecule has 0 saturated carbocycles. The summed E-state index contributed by atoms with van der Waals surface area (Å²) < 4.78 is 32.7. The molecule has 0 spiro atoms. The van der Waals surface area contributed by atoms with Crippen LogP contribution in [0.3, 0.4) is 0 Å². The van der Waals surface area contributed by atoms with E-state index in [0.717, 1.165) is 34.1 Å². The van der Waals surface area contributed by atoms with Crippen LogP contribution in [0.5, 0.6) is 34.5 Å². The number of hydrogen-bond donors (Lipinski definition) is 0. The van der Waals surface area contributed by atoms with E-state index < -0.39 is 0 Å². The first-order valence-corrected chi connectivity index (χ1v) is 9.42. The monoisotopic (exact) mass is 394 g/mol. The number of benzene rings is 2. The number of rotatable bonds is 10. The molecular weight excluding hydrogens is 368 g/mol. The molecule has 0 amide bonds. The highest BCUT2D eigenvalue weighted by atomic mass is 32.2. The summed E-state index contributed by atoms with van der Waals surface area (Å²) in [6.45, 7) is 0. The third-order valence-electron chi connectivity index (χ3n) is 4.13. The molecule has 27 heavy (non-hydrogen) atoms. The first kappa shape index (κ1) is 20.9. The SMILES string of the molecule is COc1cc(OC)c(CSCc2c(OC)cc(OC)cc2OC)c(OC)c1. The van der Waals surface area contributed by atoms with Gasteiger partial charge < -0.3 is 28.4 Å². The van der Waals surface area contributed by atoms with Gasteiger partial charge in [-0.1, -0.05) is 0 Å². The summed E-state index contributed by atoms with van der Waals surface area (Å²) in [6, 6.07) is 7.42. The first-order chi connectivity index (χ1) is 13.1. The lowest BCUT2D eigenvalue weighted by molar-refractivity contribution is 0.370. The minimum Gasteiger partial charge on any atom is -0.496 e. The van der Waals surface area contributed by atoms with Crippen LogP contribution in [-0.4, -0.2) is 42.7 Å². The van der Waals surface area contributed by atoms with Gasteiger partial charge in [-0.2, -0.15) is 11.8 Å². The fourth-order valence-electron chi connectivity index (χ4n) is 2.70. The molecule has 0 aromatic heterocycles. The Balaban J connectivity index is 2.24. The van der Waals surface area contributed by atoms with E-state index in [2.05, 4.69) is 0 Å². The average molecular weight is 394 g/mol. The van der Waals surface area contributed by atoms with Gasteiger partial charge in [-0.25, -0.2) is 0 Å². The Morgan fingerprint density at radius 1 is 0.519 bits per heavy atom. The fourth-order valence-corrected chi connectivity index (χ4v) is 3.77. The van der Waals surface area contributed by atoms with Crippen LogP contribution in [0.25, 0.3) is 0 Å². The summed E-state index contributed by atoms with van der Waals surface area (Å²) in [5.41, 5.74) is 1.94. The summed E-state index contributed by atoms with van der Waals surface area (Å²) in [5, 5.41) is 0. The Morgan fingerprint density at radius 3 is 1.04 bits per heavy atom. The van der Waals surface area contributed by atoms with E-state index in [1.54, 1.807) is 54.4 Å². The van der Waals surface area contributed by atoms with Crippen LogP contribution in [0.15, 0.2) is 24.3 Å². The Morgan fingerprint density at radius 2 is 0.815 bits per heavy atom. The van der Waals surface area contributed by atoms with Crippen molar-refractivity contribution in [2.75, 3.05) is 42.7 Å². The topological polar surface area (TPSA) is 55.4 Å². The summed E-state index contributed by atoms with van der Waals surface area (Å²) in [7, 11) is 9.78. The van der Waals surface area contributed by atoms with Crippen molar-refractivity contribution in [3.05, 3.63) is 35.4 Å². The second kappa shape index (κ2) is 10.1. The van der Waals surface area contributed by atoms with E-state index in [0.29, 0.717) is 23.0 Å². The fraction of sp³-hybridized carbons (Fsp3) is 0.400. The molecule has 0 unspecified atom stereocenters. The number of ether oxygens (including phenoxy) is 6. The molecule has 148 valence electrons. The smallest absolute Gasteiger partial charge is 0.130 e. The number of hydrogen-bond acceptors (Lipinski definition) is 7. The normalized spacial score (nSPS) is 10.3. The quantitative estimate of drug-likeness (QED) is 0.599. The van der Waals surface area contributed by atoms with Crippen molar-refractivity contribution in [2.45, 2.75) is 11.5 Å². The van der Waals surface area contributed by atoms with Gasteiger partial charge >= 0.3 is 0 Å². The molecule has 0 fully saturated rings. The average Bonchev–Trinajstić information content (AvgIpc) is 2.72. The molecule has 0 atom stereocenters. The van der Waals surface area contributed by atoms with Crippen molar-refractivity contribution in [1.82, 2.24) is 0 Å². The molecule has 6 nitrogen and oxygen atoms in total. The highest BCUT2D eigenvalue weighted by molar-refractivity contribution is 7.97. The van der Waals surface area contributed by atoms with Crippen LogP contribution in [0.4, 0.5) is 0 Å². The second-order valence-corrected chi connectivity index (χ2v) is 6.50. The standard InChI is InChI=1S/C20H26O6S/c1-21-13-7-17(23-3)15(18(8-13)24-4)11-27-12-16-19(25-5)9-14(22-2)10-20(16)26-6/h7-10H,11-12H2,1-6H3. The molecule has 0 aliphatic heterocycles. The van der Waals surface area contributed by atoms with Gasteiger partial charge in [0, 0.05) is 46.9 Å². The highest BCUT2D eigenvalue weighted by Gasteiger charge is 2.16. The van der Waals surface area contributed by atoms with E-state index in [-0.39, 0.29) is 0 Å². The largest absolute Gasteiger partial charge is 0.496 e. The molecule has 2 rings (SSSR count). The van der Waals surface area contributed by atoms with Crippen molar-refractivity contribution >= 4 is 11.8 Å². The molecule has 0 aliphatic rings. The van der Waals surface area contributed by atoms with E-state index >= 15 is 0 Å². The van der Waals surface area contributed by atoms with Gasteiger partial charge in [0.15, 0.2) is 0 Å². The van der Waals surface area contributed by atoms with Crippen molar-refractivity contribution < 1.29 is 28.4 Å². The van der Waals surface area contributed by atoms with Crippen molar-refractivity contribution in [3.63, 3.8) is 0 Å². The summed E-state index contributed by atoms with van der Waals surface area (Å²) >= 11 is 1.70. The summed E-state index contributed by atoms with van der Waals surface area (Å²) in [4.78, 5) is 0. The Labute approximate surface area is 164 Å². The van der Waals surface area contributed by atoms with Crippen molar-refractivity contribution in [1.29, 1.82) is 0 Å². The zero-order valence-corrected chi connectivity index (χ0v) is 17.4. The number of thioether (sulfide) groups is 1. The molecule has 0 N–H and O–H groups in total. The molecule has 7 heteroatoms. The lowest BCUT2D eigenvalue weighted by atomic mass is 10.2. The molecule has 0 heterocycles. The third kappa shape index (κ3) is 4.86. The lowest BCUT2D eigenvalue weighted by Crippen LogP contribution is -1.99. The van der Waals surface area contributed by atoms with Gasteiger partial charge in [0.05, 0.1) is 42.7 Å². The van der Waals surface area contributed by atoms with Crippen LogP contribution in [-0.2, 0) is 11.5 Å². The minimum absolute atomic E-state index is 0.689. The maximum Gasteiger partial charge on any atom is 0.130 e. The number of methoxy groups -OCH3 is 6. The molecule has 0 radical (unpaired) electrons. The Hall–Kier alpha value is -2.41. The van der Waals surface area contributed by atoms with Crippen LogP contribution < -0.4 is 28.4 Å². The van der Waals surface area contributed by atoms with Gasteiger partial charge in [0.25, 0.3) is 0 Å². The molecule has 0 saturated heterocycles. The maximum atomic E-state index is 5.51. The van der Waals surface area contributed by atoms with E-state index in [1.807, 2.05) is 24.3 Å². The van der Waals surface area contributed by atoms with E-state index in [9.17, 15) is 0 Å². The summed E-state index contributed by atoms with van der Waals surface area (Å²) in [5.74, 6) is 5.68. The van der Waals surface area contributed by atoms with Gasteiger partial charge in [-0.15, -0.1) is 0 Å². The molecule has 0 aliphatic carbocycles. The molecular formula is C20H26O6S. The Bertz CT molecular complexity index is 649. The van der Waals surface area contributed by atoms with Gasteiger partial charge in [-0.05, 0) is 0 Å². The van der Waals surface area contributed by atoms with Gasteiger partial charge in [0.1, 0.15) is 34.5 Å². The van der Waals surface area contributed by atoms with Gasteiger partial charge in [0.2, 0.25) is 0 Å². The zero-order chi connectivity index (χ0) is 19.8. The lowest BCUT2D eigenvalue weighted by Gasteiger charge is -2.17. The predicted octanol–water partition coefficient (Wildman–Crippen LogP) is 4.17. The van der Waals surface area contributed by atoms with Gasteiger partial charge in [-0.3, -0.25) is 0 Å². The summed E-state index contributed by atoms with van der Waals surface area (Å²) in [6.07, 6.45) is 0. The zero-order valence-electron chi connectivity index (χ0n) is 16.6. The predicted molar refractivity (Wildman–Crippen MR) is 107 cm³/mol. The Kier molecular flexibility index (Phi) is 7.79. The third-order valence-corrected chi connectivity index (χ3v) is 5.11. The van der Waals surface area contributed by atoms with Crippen molar-refractivity contribution in [3.8, 4) is 34.5 Å². The minimum atomic E-state index is 0.689. The van der Waals surface area contributed by atoms with Crippen LogP contribution in [0.2, 0.25) is 0 Å². The first-order valence-electron chi connectivity index (χ1n) is 8.27. The highest BCUT2D eigenvalue weighted by Crippen LogP contribution is 2.40. The molecule has 0 bridgehead atoms. The van der Waals surface area contributed by atoms with E-state index in [4.69, 9.17) is 28.4 Å². The van der Waals surface area contributed by atoms with E-state index in [1.165, 1.54) is 0 Å². The second-order valence-electron chi connectivity index (χ2n) is 5.51.